The summed E-state index contributed by atoms with van der Waals surface area (Å²) < 4.78 is 81.0. The van der Waals surface area contributed by atoms with Gasteiger partial charge in [-0.15, -0.1) is 0 Å². The van der Waals surface area contributed by atoms with Crippen molar-refractivity contribution in [3.8, 4) is 0 Å². The second kappa shape index (κ2) is 8.74. The lowest BCUT2D eigenvalue weighted by molar-refractivity contribution is -0.133. The molecule has 2 aromatic rings. The van der Waals surface area contributed by atoms with E-state index in [1.807, 2.05) is 0 Å². The predicted molar refractivity (Wildman–Crippen MR) is 100 cm³/mol. The Hall–Kier alpha value is -2.19. The summed E-state index contributed by atoms with van der Waals surface area (Å²) >= 11 is 5.58. The predicted octanol–water partition coefficient (Wildman–Crippen LogP) is 1.99. The summed E-state index contributed by atoms with van der Waals surface area (Å²) in [4.78, 5) is 13.8. The fourth-order valence-electron chi connectivity index (χ4n) is 3.22. The third-order valence-corrected chi connectivity index (χ3v) is 7.44. The molecule has 0 spiro atoms. The van der Waals surface area contributed by atoms with E-state index >= 15 is 0 Å². The van der Waals surface area contributed by atoms with Crippen LogP contribution in [0.3, 0.4) is 0 Å². The first-order chi connectivity index (χ1) is 14.4. The summed E-state index contributed by atoms with van der Waals surface area (Å²) in [5.74, 6) is -0.670. The van der Waals surface area contributed by atoms with E-state index in [1.165, 1.54) is 20.1 Å². The SMILES string of the molecule is Cc1c(S(=O)(=O)N2CCN(C(=O)Cn3nc(C(F)F)c(Cl)c3C(F)F)CC2)cnn1C. The Morgan fingerprint density at radius 2 is 1.77 bits per heavy atom. The third-order valence-electron chi connectivity index (χ3n) is 5.05. The van der Waals surface area contributed by atoms with Gasteiger partial charge in [-0.05, 0) is 6.92 Å². The second-order valence-corrected chi connectivity index (χ2v) is 9.13. The van der Waals surface area contributed by atoms with Gasteiger partial charge in [-0.1, -0.05) is 11.6 Å². The molecule has 1 aliphatic rings. The summed E-state index contributed by atoms with van der Waals surface area (Å²) in [5.41, 5.74) is -1.52. The van der Waals surface area contributed by atoms with Gasteiger partial charge in [0.25, 0.3) is 12.9 Å². The molecule has 3 heterocycles. The second-order valence-electron chi connectivity index (χ2n) is 6.85. The number of hydrogen-bond acceptors (Lipinski definition) is 5. The van der Waals surface area contributed by atoms with Gasteiger partial charge in [0.1, 0.15) is 22.8 Å². The van der Waals surface area contributed by atoms with Gasteiger partial charge in [-0.25, -0.2) is 26.0 Å². The summed E-state index contributed by atoms with van der Waals surface area (Å²) in [6.45, 7) is 0.846. The van der Waals surface area contributed by atoms with Crippen LogP contribution in [0.15, 0.2) is 11.1 Å². The smallest absolute Gasteiger partial charge is 0.283 e. The molecular weight excluding hydrogens is 468 g/mol. The maximum absolute atomic E-state index is 13.2. The highest BCUT2D eigenvalue weighted by Crippen LogP contribution is 2.34. The summed E-state index contributed by atoms with van der Waals surface area (Å²) in [6.07, 6.45) is -5.13. The zero-order valence-corrected chi connectivity index (χ0v) is 18.0. The number of nitrogens with zero attached hydrogens (tertiary/aromatic N) is 6. The van der Waals surface area contributed by atoms with Crippen molar-refractivity contribution in [1.29, 1.82) is 0 Å². The molecule has 172 valence electrons. The zero-order valence-electron chi connectivity index (χ0n) is 16.5. The highest BCUT2D eigenvalue weighted by atomic mass is 35.5. The number of sulfonamides is 1. The molecule has 31 heavy (non-hydrogen) atoms. The Balaban J connectivity index is 1.70. The molecule has 15 heteroatoms. The van der Waals surface area contributed by atoms with E-state index in [1.54, 1.807) is 14.0 Å². The molecule has 0 bridgehead atoms. The Kier molecular flexibility index (Phi) is 6.62. The van der Waals surface area contributed by atoms with Gasteiger partial charge in [0.05, 0.1) is 16.9 Å². The summed E-state index contributed by atoms with van der Waals surface area (Å²) in [6, 6.07) is 0. The number of aromatic nitrogens is 4. The molecule has 2 aromatic heterocycles. The molecule has 0 radical (unpaired) electrons. The minimum Gasteiger partial charge on any atom is -0.338 e. The van der Waals surface area contributed by atoms with Crippen molar-refractivity contribution in [2.75, 3.05) is 26.2 Å². The van der Waals surface area contributed by atoms with E-state index in [0.29, 0.717) is 10.4 Å². The van der Waals surface area contributed by atoms with Crippen LogP contribution in [-0.4, -0.2) is 69.3 Å². The maximum atomic E-state index is 13.2. The largest absolute Gasteiger partial charge is 0.338 e. The van der Waals surface area contributed by atoms with Crippen LogP contribution in [0.4, 0.5) is 17.6 Å². The van der Waals surface area contributed by atoms with Gasteiger partial charge >= 0.3 is 0 Å². The van der Waals surface area contributed by atoms with Gasteiger partial charge < -0.3 is 4.90 Å². The minimum atomic E-state index is -3.82. The first-order valence-electron chi connectivity index (χ1n) is 9.04. The van der Waals surface area contributed by atoms with Crippen molar-refractivity contribution in [3.63, 3.8) is 0 Å². The van der Waals surface area contributed by atoms with E-state index in [9.17, 15) is 30.8 Å². The molecule has 0 N–H and O–H groups in total. The van der Waals surface area contributed by atoms with Crippen LogP contribution in [0.1, 0.15) is 29.9 Å². The van der Waals surface area contributed by atoms with E-state index in [0.717, 1.165) is 0 Å². The number of halogens is 5. The number of carbonyl (C=O) groups excluding carboxylic acids is 1. The van der Waals surface area contributed by atoms with Crippen molar-refractivity contribution in [2.45, 2.75) is 31.2 Å². The van der Waals surface area contributed by atoms with Crippen molar-refractivity contribution in [2.24, 2.45) is 7.05 Å². The molecule has 1 aliphatic heterocycles. The number of amides is 1. The van der Waals surface area contributed by atoms with Gasteiger partial charge in [0, 0.05) is 33.2 Å². The quantitative estimate of drug-likeness (QED) is 0.582. The summed E-state index contributed by atoms with van der Waals surface area (Å²) in [5, 5.41) is 6.41. The lowest BCUT2D eigenvalue weighted by Crippen LogP contribution is -2.51. The van der Waals surface area contributed by atoms with Gasteiger partial charge in [-0.3, -0.25) is 14.2 Å². The van der Waals surface area contributed by atoms with Crippen LogP contribution >= 0.6 is 11.6 Å². The number of alkyl halides is 4. The fourth-order valence-corrected chi connectivity index (χ4v) is 5.13. The van der Waals surface area contributed by atoms with Crippen LogP contribution in [0.5, 0.6) is 0 Å². The fraction of sp³-hybridized carbons (Fsp3) is 0.562. The normalized spacial score (nSPS) is 16.0. The number of carbonyl (C=O) groups is 1. The molecule has 0 atom stereocenters. The lowest BCUT2D eigenvalue weighted by Gasteiger charge is -2.34. The Labute approximate surface area is 180 Å². The number of aryl methyl sites for hydroxylation is 1. The Bertz CT molecular complexity index is 1080. The number of rotatable bonds is 6. The maximum Gasteiger partial charge on any atom is 0.283 e. The van der Waals surface area contributed by atoms with Gasteiger partial charge in [-0.2, -0.15) is 14.5 Å². The monoisotopic (exact) mass is 486 g/mol. The summed E-state index contributed by atoms with van der Waals surface area (Å²) in [7, 11) is -2.20. The average molecular weight is 487 g/mol. The molecule has 3 rings (SSSR count). The first-order valence-corrected chi connectivity index (χ1v) is 10.9. The molecule has 1 fully saturated rings. The van der Waals surface area contributed by atoms with Crippen LogP contribution in [-0.2, 0) is 28.4 Å². The number of hydrogen-bond donors (Lipinski definition) is 0. The average Bonchev–Trinajstić information content (AvgIpc) is 3.21. The van der Waals surface area contributed by atoms with Crippen molar-refractivity contribution >= 4 is 27.5 Å². The van der Waals surface area contributed by atoms with Crippen LogP contribution in [0.2, 0.25) is 5.02 Å². The van der Waals surface area contributed by atoms with Crippen molar-refractivity contribution < 1.29 is 30.8 Å². The standard InChI is InChI=1S/C16H19ClF4N6O3S/c1-9-10(7-22-24(9)2)31(29,30)26-5-3-25(4-6-26)11(28)8-27-14(16(20)21)12(17)13(23-27)15(18)19/h7,15-16H,3-6,8H2,1-2H3. The van der Waals surface area contributed by atoms with Crippen LogP contribution in [0.25, 0.3) is 0 Å². The Morgan fingerprint density at radius 1 is 1.16 bits per heavy atom. The van der Waals surface area contributed by atoms with Gasteiger partial charge in [0.2, 0.25) is 15.9 Å². The van der Waals surface area contributed by atoms with Crippen molar-refractivity contribution in [1.82, 2.24) is 28.8 Å². The van der Waals surface area contributed by atoms with E-state index in [2.05, 4.69) is 10.2 Å². The van der Waals surface area contributed by atoms with E-state index < -0.39 is 51.7 Å². The Morgan fingerprint density at radius 3 is 2.26 bits per heavy atom. The first kappa shape index (κ1) is 23.5. The number of piperazine rings is 1. The van der Waals surface area contributed by atoms with Gasteiger partial charge in [0.15, 0.2) is 0 Å². The highest BCUT2D eigenvalue weighted by Gasteiger charge is 2.34. The van der Waals surface area contributed by atoms with Crippen molar-refractivity contribution in [3.05, 3.63) is 28.3 Å². The molecule has 0 unspecified atom stereocenters. The third kappa shape index (κ3) is 4.41. The molecule has 1 saturated heterocycles. The topological polar surface area (TPSA) is 93.3 Å². The molecule has 0 aliphatic carbocycles. The highest BCUT2D eigenvalue weighted by molar-refractivity contribution is 7.89. The molecule has 1 amide bonds. The zero-order chi connectivity index (χ0) is 23.1. The minimum absolute atomic E-state index is 0.00189. The van der Waals surface area contributed by atoms with E-state index in [4.69, 9.17) is 11.6 Å². The van der Waals surface area contributed by atoms with E-state index in [-0.39, 0.29) is 31.1 Å². The van der Waals surface area contributed by atoms with Crippen LogP contribution < -0.4 is 0 Å². The van der Waals surface area contributed by atoms with Crippen LogP contribution in [0, 0.1) is 6.92 Å². The molecule has 0 aromatic carbocycles. The molecule has 0 saturated carbocycles. The molecular formula is C16H19ClF4N6O3S. The lowest BCUT2D eigenvalue weighted by atomic mass is 10.3. The molecule has 9 nitrogen and oxygen atoms in total.